The fourth-order valence-corrected chi connectivity index (χ4v) is 3.00. The van der Waals surface area contributed by atoms with Crippen molar-refractivity contribution in [3.63, 3.8) is 0 Å². The Morgan fingerprint density at radius 2 is 2.44 bits per heavy atom. The molecule has 1 unspecified atom stereocenters. The van der Waals surface area contributed by atoms with Crippen LogP contribution in [0.25, 0.3) is 0 Å². The van der Waals surface area contributed by atoms with Crippen LogP contribution in [0, 0.1) is 0 Å². The summed E-state index contributed by atoms with van der Waals surface area (Å²) in [6.07, 6.45) is -0.139. The average Bonchev–Trinajstić information content (AvgIpc) is 2.90. The number of hydrogen-bond donors (Lipinski definition) is 0. The number of ether oxygens (including phenoxy) is 1. The maximum absolute atomic E-state index is 11.3. The molecule has 2 fully saturated rings. The Hall–Kier alpha value is -1.07. The van der Waals surface area contributed by atoms with Gasteiger partial charge < -0.3 is 4.74 Å². The molecular weight excluding hydrogens is 224 g/mol. The summed E-state index contributed by atoms with van der Waals surface area (Å²) in [4.78, 5) is 15.6. The topological polar surface area (TPSA) is 32.8 Å². The molecule has 5 heteroatoms. The minimum Gasteiger partial charge on any atom is -0.447 e. The van der Waals surface area contributed by atoms with E-state index in [4.69, 9.17) is 4.74 Å². The second kappa shape index (κ2) is 4.07. The van der Waals surface area contributed by atoms with Gasteiger partial charge in [0.2, 0.25) is 0 Å². The number of fused-ring (bicyclic) bond motifs is 1. The molecule has 1 atom stereocenters. The molecule has 0 spiro atoms. The van der Waals surface area contributed by atoms with Crippen molar-refractivity contribution in [2.24, 2.45) is 0 Å². The molecule has 2 aliphatic heterocycles. The SMILES string of the molecule is O=C1OCC2CN(Cc3ccsc3)CCN12. The lowest BCUT2D eigenvalue weighted by Crippen LogP contribution is -2.51. The maximum atomic E-state index is 11.3. The number of carbonyl (C=O) groups excluding carboxylic acids is 1. The number of rotatable bonds is 2. The number of piperazine rings is 1. The van der Waals surface area contributed by atoms with Crippen LogP contribution in [0.1, 0.15) is 5.56 Å². The Morgan fingerprint density at radius 1 is 1.50 bits per heavy atom. The van der Waals surface area contributed by atoms with E-state index < -0.39 is 0 Å². The molecule has 4 nitrogen and oxygen atoms in total. The predicted octanol–water partition coefficient (Wildman–Crippen LogP) is 1.38. The fraction of sp³-hybridized carbons (Fsp3) is 0.545. The molecule has 2 aliphatic rings. The van der Waals surface area contributed by atoms with Crippen molar-refractivity contribution in [2.45, 2.75) is 12.6 Å². The van der Waals surface area contributed by atoms with Crippen LogP contribution in [0.3, 0.4) is 0 Å². The highest BCUT2D eigenvalue weighted by molar-refractivity contribution is 7.07. The smallest absolute Gasteiger partial charge is 0.410 e. The summed E-state index contributed by atoms with van der Waals surface area (Å²) in [6, 6.07) is 2.42. The van der Waals surface area contributed by atoms with Crippen LogP contribution >= 0.6 is 11.3 Å². The molecule has 16 heavy (non-hydrogen) atoms. The molecule has 0 radical (unpaired) electrons. The van der Waals surface area contributed by atoms with Gasteiger partial charge in [0.1, 0.15) is 6.61 Å². The second-order valence-corrected chi connectivity index (χ2v) is 5.07. The summed E-state index contributed by atoms with van der Waals surface area (Å²) in [5, 5.41) is 4.29. The first-order chi connectivity index (χ1) is 7.83. The summed E-state index contributed by atoms with van der Waals surface area (Å²) >= 11 is 1.73. The van der Waals surface area contributed by atoms with Gasteiger partial charge in [-0.05, 0) is 22.4 Å². The van der Waals surface area contributed by atoms with Gasteiger partial charge in [0.15, 0.2) is 0 Å². The fourth-order valence-electron chi connectivity index (χ4n) is 2.34. The van der Waals surface area contributed by atoms with E-state index in [0.717, 1.165) is 26.2 Å². The van der Waals surface area contributed by atoms with Gasteiger partial charge in [-0.3, -0.25) is 9.80 Å². The molecule has 1 aromatic rings. The van der Waals surface area contributed by atoms with Crippen molar-refractivity contribution in [3.05, 3.63) is 22.4 Å². The van der Waals surface area contributed by atoms with E-state index in [1.807, 2.05) is 4.90 Å². The van der Waals surface area contributed by atoms with Crippen LogP contribution < -0.4 is 0 Å². The van der Waals surface area contributed by atoms with E-state index in [1.165, 1.54) is 5.56 Å². The zero-order valence-corrected chi connectivity index (χ0v) is 9.78. The quantitative estimate of drug-likeness (QED) is 0.780. The highest BCUT2D eigenvalue weighted by Gasteiger charge is 2.37. The first-order valence-electron chi connectivity index (χ1n) is 5.50. The van der Waals surface area contributed by atoms with Gasteiger partial charge >= 0.3 is 6.09 Å². The Labute approximate surface area is 98.4 Å². The third-order valence-electron chi connectivity index (χ3n) is 3.19. The van der Waals surface area contributed by atoms with Crippen molar-refractivity contribution in [1.82, 2.24) is 9.80 Å². The zero-order valence-electron chi connectivity index (χ0n) is 8.96. The van der Waals surface area contributed by atoms with Crippen molar-refractivity contribution in [2.75, 3.05) is 26.2 Å². The van der Waals surface area contributed by atoms with Crippen LogP contribution in [0.4, 0.5) is 4.79 Å². The van der Waals surface area contributed by atoms with Crippen molar-refractivity contribution >= 4 is 17.4 Å². The Morgan fingerprint density at radius 3 is 3.25 bits per heavy atom. The largest absolute Gasteiger partial charge is 0.447 e. The first-order valence-corrected chi connectivity index (χ1v) is 6.44. The lowest BCUT2D eigenvalue weighted by Gasteiger charge is -2.35. The Bertz CT molecular complexity index is 379. The van der Waals surface area contributed by atoms with Gasteiger partial charge in [-0.2, -0.15) is 11.3 Å². The predicted molar refractivity (Wildman–Crippen MR) is 61.4 cm³/mol. The lowest BCUT2D eigenvalue weighted by atomic mass is 10.2. The normalized spacial score (nSPS) is 25.6. The number of amides is 1. The van der Waals surface area contributed by atoms with E-state index >= 15 is 0 Å². The molecule has 3 heterocycles. The van der Waals surface area contributed by atoms with Gasteiger partial charge in [0.25, 0.3) is 0 Å². The number of carbonyl (C=O) groups is 1. The van der Waals surface area contributed by atoms with Crippen LogP contribution in [-0.4, -0.2) is 48.2 Å². The molecule has 1 aromatic heterocycles. The highest BCUT2D eigenvalue weighted by atomic mass is 32.1. The van der Waals surface area contributed by atoms with E-state index in [1.54, 1.807) is 11.3 Å². The van der Waals surface area contributed by atoms with Crippen LogP contribution in [0.5, 0.6) is 0 Å². The molecule has 86 valence electrons. The summed E-state index contributed by atoms with van der Waals surface area (Å²) in [5.41, 5.74) is 1.36. The number of hydrogen-bond acceptors (Lipinski definition) is 4. The highest BCUT2D eigenvalue weighted by Crippen LogP contribution is 2.19. The second-order valence-electron chi connectivity index (χ2n) is 4.29. The molecule has 2 saturated heterocycles. The average molecular weight is 238 g/mol. The summed E-state index contributed by atoms with van der Waals surface area (Å²) in [5.74, 6) is 0. The van der Waals surface area contributed by atoms with E-state index in [2.05, 4.69) is 21.7 Å². The van der Waals surface area contributed by atoms with Gasteiger partial charge in [-0.25, -0.2) is 4.79 Å². The van der Waals surface area contributed by atoms with Gasteiger partial charge in [-0.1, -0.05) is 0 Å². The molecule has 1 amide bonds. The van der Waals surface area contributed by atoms with Gasteiger partial charge in [-0.15, -0.1) is 0 Å². The summed E-state index contributed by atoms with van der Waals surface area (Å²) in [6.45, 7) is 4.22. The third kappa shape index (κ3) is 1.81. The van der Waals surface area contributed by atoms with Crippen molar-refractivity contribution in [3.8, 4) is 0 Å². The minimum absolute atomic E-state index is 0.139. The molecule has 3 rings (SSSR count). The molecular formula is C11H14N2O2S. The van der Waals surface area contributed by atoms with Crippen LogP contribution in [0.15, 0.2) is 16.8 Å². The van der Waals surface area contributed by atoms with Crippen LogP contribution in [0.2, 0.25) is 0 Å². The standard InChI is InChI=1S/C11H14N2O2S/c14-11-13-3-2-12(6-10(13)7-15-11)5-9-1-4-16-8-9/h1,4,8,10H,2-3,5-7H2. The minimum atomic E-state index is -0.139. The van der Waals surface area contributed by atoms with Crippen molar-refractivity contribution in [1.29, 1.82) is 0 Å². The molecule has 0 saturated carbocycles. The molecule has 0 bridgehead atoms. The summed E-state index contributed by atoms with van der Waals surface area (Å²) in [7, 11) is 0. The maximum Gasteiger partial charge on any atom is 0.410 e. The Kier molecular flexibility index (Phi) is 2.57. The zero-order chi connectivity index (χ0) is 11.0. The summed E-state index contributed by atoms with van der Waals surface area (Å²) < 4.78 is 5.05. The first kappa shape index (κ1) is 10.1. The number of cyclic esters (lactones) is 1. The molecule has 0 aliphatic carbocycles. The van der Waals surface area contributed by atoms with E-state index in [9.17, 15) is 4.79 Å². The monoisotopic (exact) mass is 238 g/mol. The van der Waals surface area contributed by atoms with Crippen LogP contribution in [-0.2, 0) is 11.3 Å². The Balaban J connectivity index is 1.62. The van der Waals surface area contributed by atoms with E-state index in [0.29, 0.717) is 6.61 Å². The van der Waals surface area contributed by atoms with Gasteiger partial charge in [0, 0.05) is 26.2 Å². The third-order valence-corrected chi connectivity index (χ3v) is 3.92. The van der Waals surface area contributed by atoms with Crippen molar-refractivity contribution < 1.29 is 9.53 Å². The van der Waals surface area contributed by atoms with Gasteiger partial charge in [0.05, 0.1) is 6.04 Å². The number of nitrogens with zero attached hydrogens (tertiary/aromatic N) is 2. The number of thiophene rings is 1. The molecule has 0 N–H and O–H groups in total. The lowest BCUT2D eigenvalue weighted by molar-refractivity contribution is 0.115. The van der Waals surface area contributed by atoms with E-state index in [-0.39, 0.29) is 12.1 Å². The molecule has 0 aromatic carbocycles.